The first kappa shape index (κ1) is 9.21. The van der Waals surface area contributed by atoms with E-state index in [0.717, 1.165) is 15.6 Å². The number of nitrogens with two attached hydrogens (primary N) is 1. The lowest BCUT2D eigenvalue weighted by Crippen LogP contribution is -1.93. The maximum absolute atomic E-state index is 5.76. The first-order valence-electron chi connectivity index (χ1n) is 4.07. The van der Waals surface area contributed by atoms with Gasteiger partial charge >= 0.3 is 0 Å². The second kappa shape index (κ2) is 3.42. The fraction of sp³-hybridized carbons (Fsp3) is 0.111. The predicted molar refractivity (Wildman–Crippen MR) is 58.6 cm³/mol. The second-order valence-electron chi connectivity index (χ2n) is 2.99. The lowest BCUT2D eigenvalue weighted by Gasteiger charge is -2.01. The summed E-state index contributed by atoms with van der Waals surface area (Å²) in [5, 5.41) is 4.08. The van der Waals surface area contributed by atoms with Gasteiger partial charge in [-0.05, 0) is 22.0 Å². The molecule has 0 fully saturated rings. The van der Waals surface area contributed by atoms with Gasteiger partial charge in [0, 0.05) is 35.0 Å². The minimum atomic E-state index is 0.515. The number of pyridine rings is 1. The number of aromatic nitrogens is 3. The molecule has 0 saturated heterocycles. The van der Waals surface area contributed by atoms with E-state index < -0.39 is 0 Å². The standard InChI is InChI=1S/C9H9BrN4/c1-14-5-6(3-13-14)8-2-7(10)4-12-9(8)11/h2-5H,1H3,(H2,11,12). The quantitative estimate of drug-likeness (QED) is 0.843. The van der Waals surface area contributed by atoms with Crippen molar-refractivity contribution in [1.82, 2.24) is 14.8 Å². The zero-order valence-corrected chi connectivity index (χ0v) is 9.19. The highest BCUT2D eigenvalue weighted by atomic mass is 79.9. The molecule has 0 aliphatic carbocycles. The maximum Gasteiger partial charge on any atom is 0.131 e. The third-order valence-corrected chi connectivity index (χ3v) is 2.33. The number of rotatable bonds is 1. The Morgan fingerprint density at radius 1 is 1.43 bits per heavy atom. The highest BCUT2D eigenvalue weighted by Gasteiger charge is 2.06. The SMILES string of the molecule is Cn1cc(-c2cc(Br)cnc2N)cn1. The third kappa shape index (κ3) is 1.63. The van der Waals surface area contributed by atoms with E-state index in [4.69, 9.17) is 5.73 Å². The lowest BCUT2D eigenvalue weighted by atomic mass is 10.1. The molecule has 2 N–H and O–H groups in total. The molecule has 0 spiro atoms. The van der Waals surface area contributed by atoms with Gasteiger partial charge in [0.05, 0.1) is 6.20 Å². The summed E-state index contributed by atoms with van der Waals surface area (Å²) in [5.41, 5.74) is 7.63. The summed E-state index contributed by atoms with van der Waals surface area (Å²) in [6.45, 7) is 0. The summed E-state index contributed by atoms with van der Waals surface area (Å²) < 4.78 is 2.64. The molecule has 0 aliphatic rings. The molecule has 0 aromatic carbocycles. The van der Waals surface area contributed by atoms with E-state index in [1.165, 1.54) is 0 Å². The van der Waals surface area contributed by atoms with Crippen molar-refractivity contribution in [3.8, 4) is 11.1 Å². The molecule has 2 aromatic rings. The van der Waals surface area contributed by atoms with E-state index in [9.17, 15) is 0 Å². The zero-order valence-electron chi connectivity index (χ0n) is 7.61. The van der Waals surface area contributed by atoms with Crippen molar-refractivity contribution >= 4 is 21.7 Å². The van der Waals surface area contributed by atoms with Gasteiger partial charge in [-0.25, -0.2) is 4.98 Å². The average Bonchev–Trinajstić information content (AvgIpc) is 2.56. The first-order chi connectivity index (χ1) is 6.66. The van der Waals surface area contributed by atoms with E-state index in [0.29, 0.717) is 5.82 Å². The molecule has 72 valence electrons. The minimum absolute atomic E-state index is 0.515. The monoisotopic (exact) mass is 252 g/mol. The second-order valence-corrected chi connectivity index (χ2v) is 3.90. The van der Waals surface area contributed by atoms with Crippen LogP contribution in [0.15, 0.2) is 29.1 Å². The normalized spacial score (nSPS) is 10.4. The summed E-state index contributed by atoms with van der Waals surface area (Å²) in [4.78, 5) is 4.06. The molecule has 0 aliphatic heterocycles. The molecule has 0 atom stereocenters. The van der Waals surface area contributed by atoms with Crippen LogP contribution in [0.5, 0.6) is 0 Å². The Balaban J connectivity index is 2.55. The Kier molecular flexibility index (Phi) is 2.25. The largest absolute Gasteiger partial charge is 0.383 e. The van der Waals surface area contributed by atoms with E-state index in [-0.39, 0.29) is 0 Å². The van der Waals surface area contributed by atoms with Gasteiger partial charge in [0.1, 0.15) is 5.82 Å². The van der Waals surface area contributed by atoms with Crippen LogP contribution in [0.25, 0.3) is 11.1 Å². The fourth-order valence-corrected chi connectivity index (χ4v) is 1.57. The molecule has 2 heterocycles. The molecule has 14 heavy (non-hydrogen) atoms. The van der Waals surface area contributed by atoms with Crippen LogP contribution in [-0.2, 0) is 7.05 Å². The van der Waals surface area contributed by atoms with Crippen molar-refractivity contribution in [2.45, 2.75) is 0 Å². The van der Waals surface area contributed by atoms with Gasteiger partial charge in [-0.15, -0.1) is 0 Å². The maximum atomic E-state index is 5.76. The average molecular weight is 253 g/mol. The van der Waals surface area contributed by atoms with Crippen molar-refractivity contribution in [1.29, 1.82) is 0 Å². The Hall–Kier alpha value is -1.36. The van der Waals surface area contributed by atoms with Crippen molar-refractivity contribution < 1.29 is 0 Å². The molecular weight excluding hydrogens is 244 g/mol. The Labute approximate surface area is 89.9 Å². The number of hydrogen-bond acceptors (Lipinski definition) is 3. The molecule has 0 radical (unpaired) electrons. The van der Waals surface area contributed by atoms with Gasteiger partial charge < -0.3 is 5.73 Å². The van der Waals surface area contributed by atoms with Crippen molar-refractivity contribution in [3.05, 3.63) is 29.1 Å². The van der Waals surface area contributed by atoms with Crippen molar-refractivity contribution in [2.75, 3.05) is 5.73 Å². The van der Waals surface area contributed by atoms with Gasteiger partial charge in [0.15, 0.2) is 0 Å². The molecular formula is C9H9BrN4. The highest BCUT2D eigenvalue weighted by Crippen LogP contribution is 2.26. The summed E-state index contributed by atoms with van der Waals surface area (Å²) in [6.07, 6.45) is 5.34. The van der Waals surface area contributed by atoms with Crippen molar-refractivity contribution in [3.63, 3.8) is 0 Å². The Bertz CT molecular complexity index is 464. The number of nitrogens with zero attached hydrogens (tertiary/aromatic N) is 3. The first-order valence-corrected chi connectivity index (χ1v) is 4.86. The summed E-state index contributed by atoms with van der Waals surface area (Å²) in [7, 11) is 1.87. The topological polar surface area (TPSA) is 56.7 Å². The van der Waals surface area contributed by atoms with Crippen molar-refractivity contribution in [2.24, 2.45) is 7.05 Å². The summed E-state index contributed by atoms with van der Waals surface area (Å²) in [6, 6.07) is 1.93. The van der Waals surface area contributed by atoms with Gasteiger partial charge in [-0.2, -0.15) is 5.10 Å². The van der Waals surface area contributed by atoms with E-state index >= 15 is 0 Å². The molecule has 4 nitrogen and oxygen atoms in total. The number of nitrogen functional groups attached to an aromatic ring is 1. The van der Waals surface area contributed by atoms with Gasteiger partial charge in [0.25, 0.3) is 0 Å². The van der Waals surface area contributed by atoms with Crippen LogP contribution in [0.4, 0.5) is 5.82 Å². The molecule has 0 unspecified atom stereocenters. The molecule has 0 saturated carbocycles. The molecule has 2 rings (SSSR count). The molecule has 0 bridgehead atoms. The summed E-state index contributed by atoms with van der Waals surface area (Å²) in [5.74, 6) is 0.515. The fourth-order valence-electron chi connectivity index (χ4n) is 1.24. The number of anilines is 1. The van der Waals surface area contributed by atoms with E-state index in [1.54, 1.807) is 17.1 Å². The number of aryl methyl sites for hydroxylation is 1. The zero-order chi connectivity index (χ0) is 10.1. The van der Waals surface area contributed by atoms with Gasteiger partial charge in [0.2, 0.25) is 0 Å². The van der Waals surface area contributed by atoms with Gasteiger partial charge in [-0.3, -0.25) is 4.68 Å². The molecule has 5 heteroatoms. The molecule has 0 amide bonds. The van der Waals surface area contributed by atoms with Gasteiger partial charge in [-0.1, -0.05) is 0 Å². The van der Waals surface area contributed by atoms with Crippen LogP contribution in [0, 0.1) is 0 Å². The summed E-state index contributed by atoms with van der Waals surface area (Å²) >= 11 is 3.36. The molecule has 2 aromatic heterocycles. The minimum Gasteiger partial charge on any atom is -0.383 e. The Morgan fingerprint density at radius 2 is 2.21 bits per heavy atom. The Morgan fingerprint density at radius 3 is 2.86 bits per heavy atom. The smallest absolute Gasteiger partial charge is 0.131 e. The number of hydrogen-bond donors (Lipinski definition) is 1. The lowest BCUT2D eigenvalue weighted by molar-refractivity contribution is 0.768. The number of halogens is 1. The van der Waals surface area contributed by atoms with Crippen LogP contribution >= 0.6 is 15.9 Å². The van der Waals surface area contributed by atoms with Crippen LogP contribution in [0.3, 0.4) is 0 Å². The van der Waals surface area contributed by atoms with E-state index in [1.807, 2.05) is 19.3 Å². The van der Waals surface area contributed by atoms with Crippen LogP contribution in [0.1, 0.15) is 0 Å². The predicted octanol–water partition coefficient (Wildman–Crippen LogP) is 1.83. The van der Waals surface area contributed by atoms with Crippen LogP contribution in [-0.4, -0.2) is 14.8 Å². The van der Waals surface area contributed by atoms with Crippen LogP contribution in [0.2, 0.25) is 0 Å². The van der Waals surface area contributed by atoms with Crippen LogP contribution < -0.4 is 5.73 Å². The van der Waals surface area contributed by atoms with E-state index in [2.05, 4.69) is 26.0 Å². The third-order valence-electron chi connectivity index (χ3n) is 1.90. The highest BCUT2D eigenvalue weighted by molar-refractivity contribution is 9.10.